The standard InChI is InChI=1S/C22H21ClN2O4S2/c1-3-13-25-19-12-9-17(29-4-2)15-20(19)30-22(25)24-21(26)6-5-14-31(27,28)18-10-7-16(23)8-11-18/h1,7-12,15H,4-6,13-14H2,2H3. The van der Waals surface area contributed by atoms with Gasteiger partial charge in [-0.05, 0) is 55.8 Å². The molecular formula is C22H21ClN2O4S2. The number of halogens is 1. The molecule has 9 heteroatoms. The van der Waals surface area contributed by atoms with Crippen molar-refractivity contribution in [3.8, 4) is 18.1 Å². The maximum absolute atomic E-state index is 12.4. The van der Waals surface area contributed by atoms with Crippen molar-refractivity contribution in [1.29, 1.82) is 0 Å². The number of carbonyl (C=O) groups is 1. The lowest BCUT2D eigenvalue weighted by molar-refractivity contribution is -0.118. The van der Waals surface area contributed by atoms with E-state index in [1.54, 1.807) is 4.57 Å². The van der Waals surface area contributed by atoms with Gasteiger partial charge in [0, 0.05) is 11.4 Å². The summed E-state index contributed by atoms with van der Waals surface area (Å²) in [5.74, 6) is 2.77. The number of rotatable bonds is 8. The first-order chi connectivity index (χ1) is 14.8. The number of sulfone groups is 1. The van der Waals surface area contributed by atoms with E-state index < -0.39 is 15.7 Å². The topological polar surface area (TPSA) is 77.7 Å². The predicted molar refractivity (Wildman–Crippen MR) is 123 cm³/mol. The molecule has 1 amide bonds. The van der Waals surface area contributed by atoms with Crippen LogP contribution in [0.5, 0.6) is 5.75 Å². The van der Waals surface area contributed by atoms with Gasteiger partial charge in [0.2, 0.25) is 5.91 Å². The molecule has 6 nitrogen and oxygen atoms in total. The summed E-state index contributed by atoms with van der Waals surface area (Å²) in [5.41, 5.74) is 0.864. The Hall–Kier alpha value is -2.60. The molecule has 0 fully saturated rings. The zero-order valence-corrected chi connectivity index (χ0v) is 19.3. The Bertz CT molecular complexity index is 1300. The number of thiazole rings is 1. The van der Waals surface area contributed by atoms with E-state index in [1.165, 1.54) is 35.6 Å². The Balaban J connectivity index is 1.76. The second-order valence-electron chi connectivity index (χ2n) is 6.62. The molecule has 0 atom stereocenters. The molecule has 3 rings (SSSR count). The average Bonchev–Trinajstić information content (AvgIpc) is 3.05. The molecule has 0 aliphatic rings. The van der Waals surface area contributed by atoms with Gasteiger partial charge in [0.15, 0.2) is 14.6 Å². The highest BCUT2D eigenvalue weighted by atomic mass is 35.5. The Kier molecular flexibility index (Phi) is 7.55. The Morgan fingerprint density at radius 3 is 2.68 bits per heavy atom. The van der Waals surface area contributed by atoms with Crippen LogP contribution in [-0.2, 0) is 21.2 Å². The Morgan fingerprint density at radius 2 is 2.00 bits per heavy atom. The average molecular weight is 477 g/mol. The van der Waals surface area contributed by atoms with Crippen LogP contribution < -0.4 is 9.54 Å². The summed E-state index contributed by atoms with van der Waals surface area (Å²) in [6.07, 6.45) is 5.67. The van der Waals surface area contributed by atoms with E-state index in [4.69, 9.17) is 22.8 Å². The van der Waals surface area contributed by atoms with Crippen molar-refractivity contribution >= 4 is 48.9 Å². The van der Waals surface area contributed by atoms with Crippen LogP contribution in [0.2, 0.25) is 5.02 Å². The maximum Gasteiger partial charge on any atom is 0.248 e. The van der Waals surface area contributed by atoms with Crippen LogP contribution in [0, 0.1) is 12.3 Å². The first-order valence-electron chi connectivity index (χ1n) is 9.59. The Morgan fingerprint density at radius 1 is 1.26 bits per heavy atom. The van der Waals surface area contributed by atoms with Gasteiger partial charge < -0.3 is 9.30 Å². The minimum absolute atomic E-state index is 0.0152. The van der Waals surface area contributed by atoms with Gasteiger partial charge in [0.25, 0.3) is 0 Å². The van der Waals surface area contributed by atoms with Crippen molar-refractivity contribution < 1.29 is 17.9 Å². The number of fused-ring (bicyclic) bond motifs is 1. The molecule has 0 bridgehead atoms. The van der Waals surface area contributed by atoms with E-state index in [0.717, 1.165) is 16.0 Å². The van der Waals surface area contributed by atoms with Gasteiger partial charge in [-0.25, -0.2) is 8.42 Å². The molecule has 0 aliphatic carbocycles. The van der Waals surface area contributed by atoms with Crippen LogP contribution in [0.4, 0.5) is 0 Å². The number of benzene rings is 2. The fraction of sp³-hybridized carbons (Fsp3) is 0.273. The van der Waals surface area contributed by atoms with Gasteiger partial charge >= 0.3 is 0 Å². The molecule has 31 heavy (non-hydrogen) atoms. The second kappa shape index (κ2) is 10.1. The second-order valence-corrected chi connectivity index (χ2v) is 10.2. The lowest BCUT2D eigenvalue weighted by Crippen LogP contribution is -2.16. The van der Waals surface area contributed by atoms with Crippen molar-refractivity contribution in [2.24, 2.45) is 4.99 Å². The van der Waals surface area contributed by atoms with E-state index in [9.17, 15) is 13.2 Å². The van der Waals surface area contributed by atoms with Gasteiger partial charge in [-0.2, -0.15) is 4.99 Å². The minimum atomic E-state index is -3.49. The lowest BCUT2D eigenvalue weighted by atomic mass is 10.3. The van der Waals surface area contributed by atoms with E-state index in [1.807, 2.05) is 25.1 Å². The highest BCUT2D eigenvalue weighted by molar-refractivity contribution is 7.91. The summed E-state index contributed by atoms with van der Waals surface area (Å²) in [6, 6.07) is 11.6. The molecule has 3 aromatic rings. The number of terminal acetylenes is 1. The monoisotopic (exact) mass is 476 g/mol. The largest absolute Gasteiger partial charge is 0.494 e. The molecule has 0 N–H and O–H groups in total. The molecule has 0 unspecified atom stereocenters. The minimum Gasteiger partial charge on any atom is -0.494 e. The van der Waals surface area contributed by atoms with Gasteiger partial charge in [-0.1, -0.05) is 28.9 Å². The first kappa shape index (κ1) is 23.1. The quantitative estimate of drug-likeness (QED) is 0.459. The van der Waals surface area contributed by atoms with Crippen molar-refractivity contribution in [2.45, 2.75) is 31.2 Å². The number of ether oxygens (including phenoxy) is 1. The van der Waals surface area contributed by atoms with Gasteiger partial charge in [-0.3, -0.25) is 4.79 Å². The summed E-state index contributed by atoms with van der Waals surface area (Å²) in [4.78, 5) is 17.3. The van der Waals surface area contributed by atoms with Crippen LogP contribution >= 0.6 is 22.9 Å². The molecule has 2 aromatic carbocycles. The fourth-order valence-corrected chi connectivity index (χ4v) is 5.49. The summed E-state index contributed by atoms with van der Waals surface area (Å²) >= 11 is 7.14. The number of amides is 1. The summed E-state index contributed by atoms with van der Waals surface area (Å²) in [6.45, 7) is 2.73. The van der Waals surface area contributed by atoms with E-state index in [0.29, 0.717) is 16.4 Å². The molecular weight excluding hydrogens is 456 g/mol. The van der Waals surface area contributed by atoms with Crippen LogP contribution in [0.1, 0.15) is 19.8 Å². The molecule has 0 saturated heterocycles. The lowest BCUT2D eigenvalue weighted by Gasteiger charge is -2.04. The smallest absolute Gasteiger partial charge is 0.248 e. The Labute approximate surface area is 190 Å². The van der Waals surface area contributed by atoms with Crippen LogP contribution in [-0.4, -0.2) is 31.3 Å². The van der Waals surface area contributed by atoms with Crippen molar-refractivity contribution in [3.63, 3.8) is 0 Å². The third-order valence-corrected chi connectivity index (χ3v) is 7.52. The van der Waals surface area contributed by atoms with E-state index >= 15 is 0 Å². The highest BCUT2D eigenvalue weighted by Crippen LogP contribution is 2.23. The third-order valence-electron chi connectivity index (χ3n) is 4.41. The zero-order valence-electron chi connectivity index (χ0n) is 16.9. The SMILES string of the molecule is C#CCn1c(=NC(=O)CCCS(=O)(=O)c2ccc(Cl)cc2)sc2cc(OCC)ccc21. The zero-order chi connectivity index (χ0) is 22.4. The van der Waals surface area contributed by atoms with E-state index in [2.05, 4.69) is 10.9 Å². The van der Waals surface area contributed by atoms with Crippen LogP contribution in [0.25, 0.3) is 10.2 Å². The molecule has 0 spiro atoms. The number of nitrogens with zero attached hydrogens (tertiary/aromatic N) is 2. The van der Waals surface area contributed by atoms with Crippen LogP contribution in [0.3, 0.4) is 0 Å². The first-order valence-corrected chi connectivity index (χ1v) is 12.4. The van der Waals surface area contributed by atoms with Crippen molar-refractivity contribution in [3.05, 3.63) is 52.3 Å². The molecule has 1 heterocycles. The fourth-order valence-electron chi connectivity index (χ4n) is 2.98. The summed E-state index contributed by atoms with van der Waals surface area (Å²) in [7, 11) is -3.49. The maximum atomic E-state index is 12.4. The van der Waals surface area contributed by atoms with Gasteiger partial charge in [0.1, 0.15) is 5.75 Å². The predicted octanol–water partition coefficient (Wildman–Crippen LogP) is 4.07. The summed E-state index contributed by atoms with van der Waals surface area (Å²) in [5, 5.41) is 0.463. The summed E-state index contributed by atoms with van der Waals surface area (Å²) < 4.78 is 33.0. The van der Waals surface area contributed by atoms with Crippen molar-refractivity contribution in [1.82, 2.24) is 4.57 Å². The van der Waals surface area contributed by atoms with Gasteiger partial charge in [0.05, 0.1) is 34.0 Å². The third kappa shape index (κ3) is 5.76. The van der Waals surface area contributed by atoms with E-state index in [-0.39, 0.29) is 30.0 Å². The number of hydrogen-bond donors (Lipinski definition) is 0. The molecule has 162 valence electrons. The highest BCUT2D eigenvalue weighted by Gasteiger charge is 2.15. The molecule has 0 radical (unpaired) electrons. The molecule has 0 saturated carbocycles. The number of hydrogen-bond acceptors (Lipinski definition) is 5. The molecule has 1 aromatic heterocycles. The normalized spacial score (nSPS) is 12.1. The number of carbonyl (C=O) groups excluding carboxylic acids is 1. The van der Waals surface area contributed by atoms with Gasteiger partial charge in [-0.15, -0.1) is 6.42 Å². The number of aromatic nitrogens is 1. The van der Waals surface area contributed by atoms with Crippen LogP contribution in [0.15, 0.2) is 52.4 Å². The molecule has 0 aliphatic heterocycles. The van der Waals surface area contributed by atoms with Crippen molar-refractivity contribution in [2.75, 3.05) is 12.4 Å².